The van der Waals surface area contributed by atoms with Crippen LogP contribution in [0.3, 0.4) is 0 Å². The number of carbonyl (C=O) groups excluding carboxylic acids is 2. The molecule has 3 aromatic carbocycles. The normalized spacial score (nSPS) is 10.3. The molecule has 0 aromatic heterocycles. The fraction of sp³-hybridized carbons (Fsp3) is 0.100. The molecule has 0 saturated carbocycles. The van der Waals surface area contributed by atoms with Gasteiger partial charge in [-0.3, -0.25) is 4.79 Å². The smallest absolute Gasteiger partial charge is 0.318 e. The number of fused-ring (bicyclic) bond motifs is 1. The van der Waals surface area contributed by atoms with Crippen molar-refractivity contribution in [2.45, 2.75) is 6.42 Å². The zero-order chi connectivity index (χ0) is 17.6. The van der Waals surface area contributed by atoms with Crippen molar-refractivity contribution in [1.29, 1.82) is 0 Å². The van der Waals surface area contributed by atoms with E-state index in [0.717, 1.165) is 16.3 Å². The Morgan fingerprint density at radius 2 is 1.44 bits per heavy atom. The maximum Gasteiger partial charge on any atom is 0.318 e. The molecular weight excluding hydrogens is 314 g/mol. The predicted molar refractivity (Wildman–Crippen MR) is 101 cm³/mol. The third-order valence-corrected chi connectivity index (χ3v) is 3.83. The quantitative estimate of drug-likeness (QED) is 0.680. The Bertz CT molecular complexity index is 904. The number of carbonyl (C=O) groups is 2. The van der Waals surface area contributed by atoms with E-state index in [4.69, 9.17) is 0 Å². The van der Waals surface area contributed by atoms with Crippen molar-refractivity contribution in [2.24, 2.45) is 0 Å². The first kappa shape index (κ1) is 16.5. The summed E-state index contributed by atoms with van der Waals surface area (Å²) in [5, 5.41) is 10.3. The molecule has 0 fully saturated rings. The summed E-state index contributed by atoms with van der Waals surface area (Å²) in [5.74, 6) is -0.0812. The summed E-state index contributed by atoms with van der Waals surface area (Å²) in [5.41, 5.74) is 2.31. The highest BCUT2D eigenvalue weighted by Gasteiger charge is 2.06. The highest BCUT2D eigenvalue weighted by molar-refractivity contribution is 5.94. The molecule has 0 spiro atoms. The van der Waals surface area contributed by atoms with Gasteiger partial charge >= 0.3 is 6.03 Å². The van der Waals surface area contributed by atoms with Crippen LogP contribution < -0.4 is 16.0 Å². The van der Waals surface area contributed by atoms with E-state index in [1.165, 1.54) is 0 Å². The van der Waals surface area contributed by atoms with Crippen LogP contribution >= 0.6 is 0 Å². The van der Waals surface area contributed by atoms with Crippen LogP contribution in [-0.2, 0) is 11.2 Å². The number of hydrogen-bond acceptors (Lipinski definition) is 2. The molecule has 25 heavy (non-hydrogen) atoms. The Morgan fingerprint density at radius 3 is 2.12 bits per heavy atom. The number of nitrogens with one attached hydrogen (secondary N) is 3. The summed E-state index contributed by atoms with van der Waals surface area (Å²) in [4.78, 5) is 23.5. The highest BCUT2D eigenvalue weighted by Crippen LogP contribution is 2.17. The van der Waals surface area contributed by atoms with E-state index in [2.05, 4.69) is 16.0 Å². The maximum atomic E-state index is 12.2. The van der Waals surface area contributed by atoms with Gasteiger partial charge in [0.15, 0.2) is 0 Å². The molecule has 5 nitrogen and oxygen atoms in total. The van der Waals surface area contributed by atoms with Crippen molar-refractivity contribution in [2.75, 3.05) is 17.7 Å². The van der Waals surface area contributed by atoms with E-state index in [1.807, 2.05) is 42.5 Å². The van der Waals surface area contributed by atoms with Gasteiger partial charge in [0.25, 0.3) is 0 Å². The van der Waals surface area contributed by atoms with Gasteiger partial charge in [-0.1, -0.05) is 42.5 Å². The molecule has 126 valence electrons. The molecule has 3 N–H and O–H groups in total. The molecule has 0 aliphatic heterocycles. The van der Waals surface area contributed by atoms with Gasteiger partial charge in [-0.2, -0.15) is 0 Å². The molecule has 0 radical (unpaired) electrons. The average Bonchev–Trinajstić information content (AvgIpc) is 2.63. The van der Waals surface area contributed by atoms with Crippen LogP contribution in [0.2, 0.25) is 0 Å². The van der Waals surface area contributed by atoms with E-state index in [9.17, 15) is 9.59 Å². The van der Waals surface area contributed by atoms with Gasteiger partial charge in [-0.15, -0.1) is 0 Å². The van der Waals surface area contributed by atoms with Crippen molar-refractivity contribution in [1.82, 2.24) is 5.32 Å². The van der Waals surface area contributed by atoms with Crippen LogP contribution in [0, 0.1) is 0 Å². The van der Waals surface area contributed by atoms with Crippen LogP contribution in [0.15, 0.2) is 66.7 Å². The lowest BCUT2D eigenvalue weighted by Crippen LogP contribution is -2.24. The second-order valence-electron chi connectivity index (χ2n) is 5.69. The lowest BCUT2D eigenvalue weighted by atomic mass is 10.0. The van der Waals surface area contributed by atoms with Gasteiger partial charge in [0, 0.05) is 18.4 Å². The van der Waals surface area contributed by atoms with E-state index < -0.39 is 0 Å². The third kappa shape index (κ3) is 4.35. The van der Waals surface area contributed by atoms with Gasteiger partial charge in [0.05, 0.1) is 6.42 Å². The van der Waals surface area contributed by atoms with Gasteiger partial charge in [0.2, 0.25) is 5.91 Å². The summed E-state index contributed by atoms with van der Waals surface area (Å²) in [6, 6.07) is 20.8. The number of rotatable bonds is 4. The summed E-state index contributed by atoms with van der Waals surface area (Å²) >= 11 is 0. The Balaban J connectivity index is 1.62. The molecule has 0 heterocycles. The predicted octanol–water partition coefficient (Wildman–Crippen LogP) is 3.77. The Hall–Kier alpha value is -3.34. The standard InChI is InChI=1S/C20H19N3O2/c1-21-20(25)23-18-10-8-17(9-11-18)22-19(24)13-14-6-7-15-4-2-3-5-16(15)12-14/h2-12H,13H2,1H3,(H,22,24)(H2,21,23,25). The molecule has 0 aliphatic rings. The fourth-order valence-corrected chi connectivity index (χ4v) is 2.57. The molecule has 0 aliphatic carbocycles. The Kier molecular flexibility index (Phi) is 4.95. The van der Waals surface area contributed by atoms with E-state index >= 15 is 0 Å². The van der Waals surface area contributed by atoms with Crippen molar-refractivity contribution in [3.8, 4) is 0 Å². The van der Waals surface area contributed by atoms with Crippen LogP contribution in [0.25, 0.3) is 10.8 Å². The molecule has 0 atom stereocenters. The van der Waals surface area contributed by atoms with E-state index in [-0.39, 0.29) is 11.9 Å². The third-order valence-electron chi connectivity index (χ3n) is 3.83. The zero-order valence-electron chi connectivity index (χ0n) is 13.9. The first-order valence-corrected chi connectivity index (χ1v) is 8.00. The zero-order valence-corrected chi connectivity index (χ0v) is 13.9. The number of urea groups is 1. The Labute approximate surface area is 146 Å². The first-order valence-electron chi connectivity index (χ1n) is 8.00. The summed E-state index contributed by atoms with van der Waals surface area (Å²) in [6.45, 7) is 0. The van der Waals surface area contributed by atoms with Crippen molar-refractivity contribution in [3.05, 3.63) is 72.3 Å². The number of hydrogen-bond donors (Lipinski definition) is 3. The maximum absolute atomic E-state index is 12.2. The molecule has 0 saturated heterocycles. The van der Waals surface area contributed by atoms with Crippen molar-refractivity contribution < 1.29 is 9.59 Å². The molecule has 3 aromatic rings. The minimum atomic E-state index is -0.284. The molecule has 0 bridgehead atoms. The largest absolute Gasteiger partial charge is 0.341 e. The molecule has 0 unspecified atom stereocenters. The van der Waals surface area contributed by atoms with Gasteiger partial charge in [0.1, 0.15) is 0 Å². The minimum absolute atomic E-state index is 0.0812. The van der Waals surface area contributed by atoms with Crippen LogP contribution in [-0.4, -0.2) is 19.0 Å². The molecule has 5 heteroatoms. The second-order valence-corrected chi connectivity index (χ2v) is 5.69. The first-order chi connectivity index (χ1) is 12.1. The SMILES string of the molecule is CNC(=O)Nc1ccc(NC(=O)Cc2ccc3ccccc3c2)cc1. The van der Waals surface area contributed by atoms with Gasteiger partial charge in [-0.25, -0.2) is 4.79 Å². The van der Waals surface area contributed by atoms with E-state index in [1.54, 1.807) is 31.3 Å². The molecular formula is C20H19N3O2. The van der Waals surface area contributed by atoms with Crippen LogP contribution in [0.5, 0.6) is 0 Å². The van der Waals surface area contributed by atoms with E-state index in [0.29, 0.717) is 17.8 Å². The number of anilines is 2. The number of benzene rings is 3. The highest BCUT2D eigenvalue weighted by atomic mass is 16.2. The minimum Gasteiger partial charge on any atom is -0.341 e. The lowest BCUT2D eigenvalue weighted by molar-refractivity contribution is -0.115. The molecule has 3 rings (SSSR count). The summed E-state index contributed by atoms with van der Waals surface area (Å²) in [7, 11) is 1.55. The molecule has 3 amide bonds. The lowest BCUT2D eigenvalue weighted by Gasteiger charge is -2.08. The van der Waals surface area contributed by atoms with Gasteiger partial charge < -0.3 is 16.0 Å². The van der Waals surface area contributed by atoms with Crippen LogP contribution in [0.4, 0.5) is 16.2 Å². The number of amides is 3. The van der Waals surface area contributed by atoms with Crippen molar-refractivity contribution >= 4 is 34.1 Å². The Morgan fingerprint density at radius 1 is 0.800 bits per heavy atom. The summed E-state index contributed by atoms with van der Waals surface area (Å²) in [6.07, 6.45) is 0.309. The summed E-state index contributed by atoms with van der Waals surface area (Å²) < 4.78 is 0. The van der Waals surface area contributed by atoms with Crippen LogP contribution in [0.1, 0.15) is 5.56 Å². The van der Waals surface area contributed by atoms with Crippen molar-refractivity contribution in [3.63, 3.8) is 0 Å². The van der Waals surface area contributed by atoms with Gasteiger partial charge in [-0.05, 0) is 40.6 Å². The average molecular weight is 333 g/mol. The second kappa shape index (κ2) is 7.49. The monoisotopic (exact) mass is 333 g/mol. The fourth-order valence-electron chi connectivity index (χ4n) is 2.57. The topological polar surface area (TPSA) is 70.2 Å².